The summed E-state index contributed by atoms with van der Waals surface area (Å²) in [6.45, 7) is 6.82. The third kappa shape index (κ3) is 2.52. The molecular formula is C15H26N4O2. The van der Waals surface area contributed by atoms with Gasteiger partial charge in [0.15, 0.2) is 0 Å². The maximum Gasteiger partial charge on any atom is 0.317 e. The molecule has 1 aromatic rings. The van der Waals surface area contributed by atoms with Crippen molar-refractivity contribution in [1.29, 1.82) is 0 Å². The fourth-order valence-corrected chi connectivity index (χ4v) is 3.06. The average molecular weight is 294 g/mol. The Balaban J connectivity index is 1.94. The van der Waals surface area contributed by atoms with E-state index in [1.807, 2.05) is 24.9 Å². The first-order valence-electron chi connectivity index (χ1n) is 7.25. The minimum atomic E-state index is -0.175. The van der Waals surface area contributed by atoms with Gasteiger partial charge in [0.2, 0.25) is 0 Å². The fourth-order valence-electron chi connectivity index (χ4n) is 3.06. The van der Waals surface area contributed by atoms with E-state index < -0.39 is 0 Å². The van der Waals surface area contributed by atoms with Crippen LogP contribution < -0.4 is 5.32 Å². The molecule has 1 N–H and O–H groups in total. The summed E-state index contributed by atoms with van der Waals surface area (Å²) < 4.78 is 7.51. The molecule has 0 spiro atoms. The lowest BCUT2D eigenvalue weighted by Gasteiger charge is -2.61. The van der Waals surface area contributed by atoms with Crippen molar-refractivity contribution in [3.05, 3.63) is 18.2 Å². The van der Waals surface area contributed by atoms with E-state index in [1.54, 1.807) is 18.2 Å². The lowest BCUT2D eigenvalue weighted by molar-refractivity contribution is -0.198. The number of amides is 2. The molecule has 0 saturated heterocycles. The zero-order valence-electron chi connectivity index (χ0n) is 13.8. The summed E-state index contributed by atoms with van der Waals surface area (Å²) in [5.74, 6) is 0.839. The highest BCUT2D eigenvalue weighted by molar-refractivity contribution is 5.74. The highest BCUT2D eigenvalue weighted by Crippen LogP contribution is 2.53. The molecule has 2 amide bonds. The van der Waals surface area contributed by atoms with Gasteiger partial charge in [-0.3, -0.25) is 0 Å². The molecule has 1 heterocycles. The molecule has 1 saturated carbocycles. The molecule has 1 fully saturated rings. The van der Waals surface area contributed by atoms with E-state index in [4.69, 9.17) is 4.74 Å². The smallest absolute Gasteiger partial charge is 0.317 e. The summed E-state index contributed by atoms with van der Waals surface area (Å²) in [6.07, 6.45) is 4.44. The second kappa shape index (κ2) is 5.33. The van der Waals surface area contributed by atoms with Crippen molar-refractivity contribution >= 4 is 6.03 Å². The number of carbonyl (C=O) groups is 1. The van der Waals surface area contributed by atoms with Crippen molar-refractivity contribution in [3.63, 3.8) is 0 Å². The van der Waals surface area contributed by atoms with Crippen LogP contribution in [0.4, 0.5) is 4.79 Å². The van der Waals surface area contributed by atoms with Crippen LogP contribution >= 0.6 is 0 Å². The first-order chi connectivity index (χ1) is 9.73. The van der Waals surface area contributed by atoms with Crippen molar-refractivity contribution < 1.29 is 9.53 Å². The summed E-state index contributed by atoms with van der Waals surface area (Å²) in [5.41, 5.74) is -0.247. The average Bonchev–Trinajstić information content (AvgIpc) is 2.86. The predicted octanol–water partition coefficient (Wildman–Crippen LogP) is 1.77. The Morgan fingerprint density at radius 1 is 1.57 bits per heavy atom. The van der Waals surface area contributed by atoms with Gasteiger partial charge in [-0.25, -0.2) is 9.78 Å². The Bertz CT molecular complexity index is 525. The molecule has 1 aromatic heterocycles. The number of imidazole rings is 1. The van der Waals surface area contributed by atoms with Gasteiger partial charge in [0.05, 0.1) is 12.1 Å². The number of nitrogens with one attached hydrogen (secondary N) is 1. The largest absolute Gasteiger partial charge is 0.378 e. The van der Waals surface area contributed by atoms with Gasteiger partial charge in [-0.15, -0.1) is 0 Å². The number of ether oxygens (including phenoxy) is 1. The minimum Gasteiger partial charge on any atom is -0.378 e. The highest BCUT2D eigenvalue weighted by atomic mass is 16.5. The van der Waals surface area contributed by atoms with Crippen LogP contribution in [0.2, 0.25) is 0 Å². The van der Waals surface area contributed by atoms with Crippen molar-refractivity contribution in [2.75, 3.05) is 14.2 Å². The van der Waals surface area contributed by atoms with E-state index in [9.17, 15) is 4.79 Å². The minimum absolute atomic E-state index is 0.0724. The van der Waals surface area contributed by atoms with Crippen molar-refractivity contribution in [2.45, 2.75) is 45.4 Å². The van der Waals surface area contributed by atoms with Gasteiger partial charge in [0.1, 0.15) is 5.82 Å². The monoisotopic (exact) mass is 294 g/mol. The number of hydrogen-bond acceptors (Lipinski definition) is 3. The van der Waals surface area contributed by atoms with Crippen LogP contribution in [0.1, 0.15) is 33.0 Å². The molecule has 2 rings (SSSR count). The summed E-state index contributed by atoms with van der Waals surface area (Å²) in [7, 11) is 5.49. The Kier molecular flexibility index (Phi) is 4.02. The van der Waals surface area contributed by atoms with Gasteiger partial charge in [-0.05, 0) is 13.3 Å². The Morgan fingerprint density at radius 2 is 2.24 bits per heavy atom. The van der Waals surface area contributed by atoms with Crippen LogP contribution in [0.3, 0.4) is 0 Å². The van der Waals surface area contributed by atoms with Gasteiger partial charge in [-0.1, -0.05) is 13.8 Å². The van der Waals surface area contributed by atoms with E-state index in [0.29, 0.717) is 6.54 Å². The standard InChI is InChI=1S/C15H26N4O2/c1-14(2)11(9-15(14,3)21-6)19(5)13(20)17-10-12-16-7-8-18(12)4/h7-8,11H,9-10H2,1-6H3,(H,17,20)/t11-,15+/m0/s1. The van der Waals surface area contributed by atoms with E-state index in [-0.39, 0.29) is 23.1 Å². The number of aryl methyl sites for hydroxylation is 1. The van der Waals surface area contributed by atoms with Crippen molar-refractivity contribution in [2.24, 2.45) is 12.5 Å². The number of methoxy groups -OCH3 is 1. The number of carbonyl (C=O) groups excluding carboxylic acids is 1. The normalized spacial score (nSPS) is 27.0. The molecule has 6 nitrogen and oxygen atoms in total. The van der Waals surface area contributed by atoms with E-state index in [0.717, 1.165) is 12.2 Å². The van der Waals surface area contributed by atoms with Crippen LogP contribution in [0.15, 0.2) is 12.4 Å². The van der Waals surface area contributed by atoms with Gasteiger partial charge in [-0.2, -0.15) is 0 Å². The van der Waals surface area contributed by atoms with Gasteiger partial charge in [0, 0.05) is 45.1 Å². The molecule has 21 heavy (non-hydrogen) atoms. The molecule has 0 bridgehead atoms. The maximum absolute atomic E-state index is 12.3. The molecule has 0 unspecified atom stereocenters. The van der Waals surface area contributed by atoms with E-state index in [1.165, 1.54) is 0 Å². The van der Waals surface area contributed by atoms with Crippen LogP contribution in [-0.2, 0) is 18.3 Å². The second-order valence-corrected chi connectivity index (χ2v) is 6.60. The molecule has 1 aliphatic rings. The lowest BCUT2D eigenvalue weighted by Crippen LogP contribution is -2.69. The highest BCUT2D eigenvalue weighted by Gasteiger charge is 2.59. The zero-order chi connectivity index (χ0) is 15.8. The van der Waals surface area contributed by atoms with Crippen LogP contribution in [0.5, 0.6) is 0 Å². The quantitative estimate of drug-likeness (QED) is 0.920. The summed E-state index contributed by atoms with van der Waals surface area (Å²) >= 11 is 0. The molecule has 118 valence electrons. The maximum atomic E-state index is 12.3. The lowest BCUT2D eigenvalue weighted by atomic mass is 9.55. The van der Waals surface area contributed by atoms with Gasteiger partial charge < -0.3 is 19.5 Å². The number of hydrogen-bond donors (Lipinski definition) is 1. The summed E-state index contributed by atoms with van der Waals surface area (Å²) in [6, 6.07) is 0.0954. The molecule has 2 atom stereocenters. The molecule has 6 heteroatoms. The number of nitrogens with zero attached hydrogens (tertiary/aromatic N) is 3. The van der Waals surface area contributed by atoms with Crippen molar-refractivity contribution in [3.8, 4) is 0 Å². The van der Waals surface area contributed by atoms with Crippen LogP contribution in [0.25, 0.3) is 0 Å². The Hall–Kier alpha value is -1.56. The third-order valence-corrected chi connectivity index (χ3v) is 5.34. The van der Waals surface area contributed by atoms with E-state index in [2.05, 4.69) is 31.1 Å². The summed E-state index contributed by atoms with van der Waals surface area (Å²) in [4.78, 5) is 18.3. The number of urea groups is 1. The van der Waals surface area contributed by atoms with Crippen LogP contribution in [-0.4, -0.2) is 46.3 Å². The Labute approximate surface area is 126 Å². The first kappa shape index (κ1) is 15.8. The zero-order valence-corrected chi connectivity index (χ0v) is 13.8. The van der Waals surface area contributed by atoms with E-state index >= 15 is 0 Å². The second-order valence-electron chi connectivity index (χ2n) is 6.60. The topological polar surface area (TPSA) is 59.4 Å². The van der Waals surface area contributed by atoms with Crippen molar-refractivity contribution in [1.82, 2.24) is 19.8 Å². The molecule has 0 aliphatic heterocycles. The SMILES string of the molecule is CO[C@]1(C)C[C@H](N(C)C(=O)NCc2nccn2C)C1(C)C. The predicted molar refractivity (Wildman–Crippen MR) is 80.8 cm³/mol. The first-order valence-corrected chi connectivity index (χ1v) is 7.25. The number of rotatable bonds is 4. The fraction of sp³-hybridized carbons (Fsp3) is 0.733. The van der Waals surface area contributed by atoms with Gasteiger partial charge >= 0.3 is 6.03 Å². The van der Waals surface area contributed by atoms with Crippen LogP contribution in [0, 0.1) is 5.41 Å². The Morgan fingerprint density at radius 3 is 2.71 bits per heavy atom. The molecular weight excluding hydrogens is 268 g/mol. The molecule has 1 aliphatic carbocycles. The van der Waals surface area contributed by atoms with Gasteiger partial charge in [0.25, 0.3) is 0 Å². The summed E-state index contributed by atoms with van der Waals surface area (Å²) in [5, 5.41) is 2.92. The third-order valence-electron chi connectivity index (χ3n) is 5.34. The molecule has 0 radical (unpaired) electrons. The molecule has 0 aromatic carbocycles. The number of aromatic nitrogens is 2.